The average molecular weight is 470 g/mol. The molecule has 180 valence electrons. The van der Waals surface area contributed by atoms with E-state index >= 15 is 0 Å². The molecule has 35 heavy (non-hydrogen) atoms. The van der Waals surface area contributed by atoms with Gasteiger partial charge in [0, 0.05) is 25.8 Å². The molecule has 0 saturated heterocycles. The second kappa shape index (κ2) is 11.1. The monoisotopic (exact) mass is 469 g/mol. The van der Waals surface area contributed by atoms with Crippen molar-refractivity contribution in [2.24, 2.45) is 0 Å². The van der Waals surface area contributed by atoms with Crippen LogP contribution in [0.1, 0.15) is 40.2 Å². The highest BCUT2D eigenvalue weighted by Crippen LogP contribution is 2.27. The number of benzene rings is 3. The van der Waals surface area contributed by atoms with E-state index < -0.39 is 5.97 Å². The van der Waals surface area contributed by atoms with Crippen molar-refractivity contribution in [3.8, 4) is 5.75 Å². The molecule has 0 aliphatic heterocycles. The Labute approximate surface area is 206 Å². The number of ether oxygens (including phenoxy) is 2. The van der Waals surface area contributed by atoms with Crippen LogP contribution in [0.2, 0.25) is 0 Å². The molecule has 0 aliphatic rings. The summed E-state index contributed by atoms with van der Waals surface area (Å²) in [5.41, 5.74) is 6.86. The molecule has 1 N–H and O–H groups in total. The van der Waals surface area contributed by atoms with Gasteiger partial charge in [0.15, 0.2) is 0 Å². The van der Waals surface area contributed by atoms with Gasteiger partial charge < -0.3 is 19.1 Å². The maximum Gasteiger partial charge on any atom is 0.304 e. The quantitative estimate of drug-likeness (QED) is 0.256. The zero-order chi connectivity index (χ0) is 24.8. The Morgan fingerprint density at radius 1 is 1.06 bits per heavy atom. The molecule has 5 nitrogen and oxygen atoms in total. The molecule has 4 aromatic rings. The first-order valence-corrected chi connectivity index (χ1v) is 11.7. The minimum Gasteiger partial charge on any atom is -0.489 e. The molecule has 0 radical (unpaired) electrons. The Morgan fingerprint density at radius 2 is 1.83 bits per heavy atom. The first-order valence-electron chi connectivity index (χ1n) is 11.7. The molecule has 0 unspecified atom stereocenters. The number of allylic oxidation sites excluding steroid dienone is 1. The second-order valence-corrected chi connectivity index (χ2v) is 8.78. The highest BCUT2D eigenvalue weighted by Gasteiger charge is 2.13. The highest BCUT2D eigenvalue weighted by atomic mass is 16.5. The van der Waals surface area contributed by atoms with E-state index in [1.165, 1.54) is 27.6 Å². The van der Waals surface area contributed by atoms with E-state index in [4.69, 9.17) is 14.6 Å². The minimum atomic E-state index is -0.839. The van der Waals surface area contributed by atoms with Crippen LogP contribution in [0.3, 0.4) is 0 Å². The lowest BCUT2D eigenvalue weighted by atomic mass is 9.96. The molecule has 0 saturated carbocycles. The van der Waals surface area contributed by atoms with Crippen LogP contribution in [0, 0.1) is 6.92 Å². The van der Waals surface area contributed by atoms with Gasteiger partial charge in [0.25, 0.3) is 0 Å². The van der Waals surface area contributed by atoms with Crippen molar-refractivity contribution >= 4 is 16.9 Å². The van der Waals surface area contributed by atoms with Crippen molar-refractivity contribution in [3.63, 3.8) is 0 Å². The molecule has 1 heterocycles. The van der Waals surface area contributed by atoms with Gasteiger partial charge in [-0.3, -0.25) is 4.79 Å². The van der Waals surface area contributed by atoms with Crippen LogP contribution >= 0.6 is 0 Å². The topological polar surface area (TPSA) is 60.7 Å². The van der Waals surface area contributed by atoms with Crippen LogP contribution < -0.4 is 4.74 Å². The first-order chi connectivity index (χ1) is 17.0. The van der Waals surface area contributed by atoms with E-state index in [0.29, 0.717) is 13.2 Å². The number of aryl methyl sites for hydroxylation is 1. The highest BCUT2D eigenvalue weighted by molar-refractivity contribution is 5.84. The van der Waals surface area contributed by atoms with Crippen molar-refractivity contribution in [2.45, 2.75) is 39.0 Å². The zero-order valence-electron chi connectivity index (χ0n) is 20.2. The molecule has 0 bridgehead atoms. The first kappa shape index (κ1) is 24.3. The maximum atomic E-state index is 11.1. The Balaban J connectivity index is 1.50. The number of rotatable bonds is 11. The smallest absolute Gasteiger partial charge is 0.304 e. The number of aromatic nitrogens is 1. The molecule has 5 heteroatoms. The number of nitrogens with zero attached hydrogens (tertiary/aromatic N) is 1. The number of hydrogen-bond donors (Lipinski definition) is 1. The Kier molecular flexibility index (Phi) is 7.68. The number of carbonyl (C=O) groups is 1. The number of aliphatic carboxylic acids is 1. The summed E-state index contributed by atoms with van der Waals surface area (Å²) in [5, 5.41) is 10.3. The van der Waals surface area contributed by atoms with Crippen LogP contribution in [0.25, 0.3) is 10.9 Å². The number of carboxylic acids is 1. The number of hydrogen-bond acceptors (Lipinski definition) is 3. The molecule has 0 aliphatic carbocycles. The number of carboxylic acid groups (broad SMARTS) is 1. The van der Waals surface area contributed by atoms with Crippen molar-refractivity contribution < 1.29 is 19.4 Å². The van der Waals surface area contributed by atoms with Gasteiger partial charge in [-0.2, -0.15) is 0 Å². The van der Waals surface area contributed by atoms with Gasteiger partial charge in [-0.15, -0.1) is 6.58 Å². The van der Waals surface area contributed by atoms with Gasteiger partial charge in [-0.05, 0) is 58.3 Å². The Morgan fingerprint density at radius 3 is 2.54 bits per heavy atom. The van der Waals surface area contributed by atoms with Crippen molar-refractivity contribution in [2.75, 3.05) is 7.11 Å². The lowest BCUT2D eigenvalue weighted by Gasteiger charge is -2.14. The number of fused-ring (bicyclic) bond motifs is 1. The van der Waals surface area contributed by atoms with Gasteiger partial charge in [-0.25, -0.2) is 0 Å². The molecule has 4 rings (SSSR count). The summed E-state index contributed by atoms with van der Waals surface area (Å²) < 4.78 is 13.6. The molecular formula is C30H31NO4. The van der Waals surface area contributed by atoms with Gasteiger partial charge in [0.05, 0.1) is 18.5 Å². The summed E-state index contributed by atoms with van der Waals surface area (Å²) in [4.78, 5) is 11.1. The fraction of sp³-hybridized carbons (Fsp3) is 0.233. The van der Waals surface area contributed by atoms with E-state index in [-0.39, 0.29) is 12.3 Å². The molecule has 1 atom stereocenters. The molecular weight excluding hydrogens is 438 g/mol. The predicted molar refractivity (Wildman–Crippen MR) is 139 cm³/mol. The summed E-state index contributed by atoms with van der Waals surface area (Å²) >= 11 is 0. The van der Waals surface area contributed by atoms with Crippen LogP contribution in [-0.4, -0.2) is 22.8 Å². The summed E-state index contributed by atoms with van der Waals surface area (Å²) in [6, 6.07) is 22.5. The van der Waals surface area contributed by atoms with Gasteiger partial charge in [0.2, 0.25) is 0 Å². The summed E-state index contributed by atoms with van der Waals surface area (Å²) in [6.07, 6.45) is 3.84. The van der Waals surface area contributed by atoms with E-state index in [2.05, 4.69) is 66.7 Å². The van der Waals surface area contributed by atoms with Gasteiger partial charge >= 0.3 is 5.97 Å². The van der Waals surface area contributed by atoms with Gasteiger partial charge in [0.1, 0.15) is 12.4 Å². The Hall–Kier alpha value is -3.83. The molecule has 0 fully saturated rings. The maximum absolute atomic E-state index is 11.1. The SMILES string of the molecule is C=C[C@@H](CC(=O)O)c1ccc(OCc2ccc3ccn(Cc4cccc(COC)c4)c3c2C)cc1. The minimum absolute atomic E-state index is 0.0270. The molecule has 0 amide bonds. The zero-order valence-corrected chi connectivity index (χ0v) is 20.2. The van der Waals surface area contributed by atoms with Crippen molar-refractivity contribution in [3.05, 3.63) is 113 Å². The standard InChI is InChI=1S/C30H31NO4/c1-4-24(17-29(32)33)25-10-12-28(13-11-25)35-20-27-9-8-26-14-15-31(30(26)21(27)2)18-22-6-5-7-23(16-22)19-34-3/h4-16,24H,1,17-20H2,2-3H3,(H,32,33)/t24-/m0/s1. The second-order valence-electron chi connectivity index (χ2n) is 8.78. The van der Waals surface area contributed by atoms with Crippen LogP contribution in [-0.2, 0) is 29.3 Å². The fourth-order valence-electron chi connectivity index (χ4n) is 4.49. The van der Waals surface area contributed by atoms with Crippen LogP contribution in [0.15, 0.2) is 85.6 Å². The fourth-order valence-corrected chi connectivity index (χ4v) is 4.49. The predicted octanol–water partition coefficient (Wildman–Crippen LogP) is 6.47. The number of methoxy groups -OCH3 is 1. The third-order valence-corrected chi connectivity index (χ3v) is 6.33. The largest absolute Gasteiger partial charge is 0.489 e. The van der Waals surface area contributed by atoms with E-state index in [1.807, 2.05) is 24.3 Å². The van der Waals surface area contributed by atoms with E-state index in [0.717, 1.165) is 23.4 Å². The summed E-state index contributed by atoms with van der Waals surface area (Å²) in [7, 11) is 1.71. The Bertz CT molecular complexity index is 1320. The third kappa shape index (κ3) is 5.81. The molecule has 3 aromatic carbocycles. The lowest BCUT2D eigenvalue weighted by Crippen LogP contribution is -2.04. The average Bonchev–Trinajstić information content (AvgIpc) is 3.26. The van der Waals surface area contributed by atoms with E-state index in [9.17, 15) is 4.79 Å². The summed E-state index contributed by atoms with van der Waals surface area (Å²) in [5.74, 6) is -0.306. The van der Waals surface area contributed by atoms with Crippen molar-refractivity contribution in [1.29, 1.82) is 0 Å². The molecule has 0 spiro atoms. The van der Waals surface area contributed by atoms with Crippen LogP contribution in [0.4, 0.5) is 0 Å². The lowest BCUT2D eigenvalue weighted by molar-refractivity contribution is -0.137. The van der Waals surface area contributed by atoms with Crippen molar-refractivity contribution in [1.82, 2.24) is 4.57 Å². The van der Waals surface area contributed by atoms with Gasteiger partial charge in [-0.1, -0.05) is 54.6 Å². The summed E-state index contributed by atoms with van der Waals surface area (Å²) in [6.45, 7) is 7.75. The normalized spacial score (nSPS) is 11.9. The molecule has 1 aromatic heterocycles. The third-order valence-electron chi connectivity index (χ3n) is 6.33. The van der Waals surface area contributed by atoms with E-state index in [1.54, 1.807) is 13.2 Å². The van der Waals surface area contributed by atoms with Crippen LogP contribution in [0.5, 0.6) is 5.75 Å².